The molecule has 3 nitrogen and oxygen atoms in total. The SMILES string of the molecule is OCC(O)CSc1ncc(Cl)cc1F. The van der Waals surface area contributed by atoms with Crippen LogP contribution in [0.15, 0.2) is 17.3 Å². The Hall–Kier alpha value is -0.360. The molecule has 1 heterocycles. The first-order valence-electron chi connectivity index (χ1n) is 3.86. The van der Waals surface area contributed by atoms with Crippen molar-refractivity contribution in [2.24, 2.45) is 0 Å². The van der Waals surface area contributed by atoms with Gasteiger partial charge in [-0.15, -0.1) is 11.8 Å². The minimum absolute atomic E-state index is 0.168. The van der Waals surface area contributed by atoms with Crippen molar-refractivity contribution in [1.82, 2.24) is 4.98 Å². The highest BCUT2D eigenvalue weighted by Gasteiger charge is 2.08. The van der Waals surface area contributed by atoms with Crippen LogP contribution < -0.4 is 0 Å². The number of rotatable bonds is 4. The Balaban J connectivity index is 2.59. The molecule has 0 bridgehead atoms. The van der Waals surface area contributed by atoms with Crippen LogP contribution in [0.3, 0.4) is 0 Å². The van der Waals surface area contributed by atoms with Crippen molar-refractivity contribution in [3.8, 4) is 0 Å². The van der Waals surface area contributed by atoms with Crippen LogP contribution in [0.2, 0.25) is 5.02 Å². The lowest BCUT2D eigenvalue weighted by Gasteiger charge is -2.06. The predicted molar refractivity (Wildman–Crippen MR) is 53.0 cm³/mol. The molecular weight excluding hydrogens is 229 g/mol. The number of halogens is 2. The lowest BCUT2D eigenvalue weighted by molar-refractivity contribution is 0.113. The molecule has 0 saturated heterocycles. The molecule has 6 heteroatoms. The van der Waals surface area contributed by atoms with E-state index < -0.39 is 11.9 Å². The summed E-state index contributed by atoms with van der Waals surface area (Å²) in [6, 6.07) is 1.15. The summed E-state index contributed by atoms with van der Waals surface area (Å²) < 4.78 is 13.1. The van der Waals surface area contributed by atoms with Crippen molar-refractivity contribution in [3.63, 3.8) is 0 Å². The maximum Gasteiger partial charge on any atom is 0.156 e. The van der Waals surface area contributed by atoms with Gasteiger partial charge in [0, 0.05) is 11.9 Å². The van der Waals surface area contributed by atoms with Crippen molar-refractivity contribution < 1.29 is 14.6 Å². The highest BCUT2D eigenvalue weighted by atomic mass is 35.5. The quantitative estimate of drug-likeness (QED) is 0.776. The lowest BCUT2D eigenvalue weighted by atomic mass is 10.4. The molecule has 0 fully saturated rings. The van der Waals surface area contributed by atoms with Gasteiger partial charge < -0.3 is 10.2 Å². The molecule has 0 spiro atoms. The molecule has 78 valence electrons. The van der Waals surface area contributed by atoms with Gasteiger partial charge in [-0.05, 0) is 6.07 Å². The largest absolute Gasteiger partial charge is 0.394 e. The third-order valence-corrected chi connectivity index (χ3v) is 2.73. The fourth-order valence-electron chi connectivity index (χ4n) is 0.736. The van der Waals surface area contributed by atoms with Gasteiger partial charge in [0.1, 0.15) is 5.03 Å². The van der Waals surface area contributed by atoms with E-state index in [1.807, 2.05) is 0 Å². The standard InChI is InChI=1S/C8H9ClFNO2S/c9-5-1-7(10)8(11-2-5)14-4-6(13)3-12/h1-2,6,12-13H,3-4H2. The van der Waals surface area contributed by atoms with Gasteiger partial charge in [-0.3, -0.25) is 0 Å². The van der Waals surface area contributed by atoms with Crippen LogP contribution in [-0.2, 0) is 0 Å². The average Bonchev–Trinajstić information content (AvgIpc) is 2.16. The van der Waals surface area contributed by atoms with Gasteiger partial charge in [-0.25, -0.2) is 9.37 Å². The maximum atomic E-state index is 13.1. The van der Waals surface area contributed by atoms with Crippen LogP contribution in [0.5, 0.6) is 0 Å². The molecule has 1 atom stereocenters. The molecule has 14 heavy (non-hydrogen) atoms. The second-order valence-corrected chi connectivity index (χ2v) is 4.03. The Morgan fingerprint density at radius 3 is 2.93 bits per heavy atom. The summed E-state index contributed by atoms with van der Waals surface area (Å²) in [4.78, 5) is 3.75. The first-order valence-corrected chi connectivity index (χ1v) is 5.22. The molecule has 0 aromatic carbocycles. The van der Waals surface area contributed by atoms with Gasteiger partial charge >= 0.3 is 0 Å². The summed E-state index contributed by atoms with van der Waals surface area (Å²) in [5.41, 5.74) is 0. The van der Waals surface area contributed by atoms with Crippen LogP contribution in [0.4, 0.5) is 4.39 Å². The monoisotopic (exact) mass is 237 g/mol. The van der Waals surface area contributed by atoms with E-state index in [1.54, 1.807) is 0 Å². The summed E-state index contributed by atoms with van der Waals surface area (Å²) in [5.74, 6) is -0.324. The molecule has 0 saturated carbocycles. The minimum Gasteiger partial charge on any atom is -0.394 e. The fourth-order valence-corrected chi connectivity index (χ4v) is 1.66. The van der Waals surface area contributed by atoms with Crippen LogP contribution in [0, 0.1) is 5.82 Å². The number of hydrogen-bond acceptors (Lipinski definition) is 4. The van der Waals surface area contributed by atoms with E-state index in [0.29, 0.717) is 0 Å². The van der Waals surface area contributed by atoms with Crippen LogP contribution >= 0.6 is 23.4 Å². The Morgan fingerprint density at radius 1 is 1.64 bits per heavy atom. The number of hydrogen-bond donors (Lipinski definition) is 2. The molecule has 0 amide bonds. The van der Waals surface area contributed by atoms with Gasteiger partial charge in [-0.2, -0.15) is 0 Å². The van der Waals surface area contributed by atoms with Crippen molar-refractivity contribution in [1.29, 1.82) is 0 Å². The first kappa shape index (κ1) is 11.7. The van der Waals surface area contributed by atoms with E-state index in [0.717, 1.165) is 17.8 Å². The van der Waals surface area contributed by atoms with Gasteiger partial charge in [0.05, 0.1) is 17.7 Å². The van der Waals surface area contributed by atoms with E-state index >= 15 is 0 Å². The zero-order valence-corrected chi connectivity index (χ0v) is 8.72. The minimum atomic E-state index is -0.864. The zero-order chi connectivity index (χ0) is 10.6. The van der Waals surface area contributed by atoms with Crippen molar-refractivity contribution in [2.75, 3.05) is 12.4 Å². The van der Waals surface area contributed by atoms with Crippen LogP contribution in [0.25, 0.3) is 0 Å². The lowest BCUT2D eigenvalue weighted by Crippen LogP contribution is -2.14. The summed E-state index contributed by atoms with van der Waals surface area (Å²) in [7, 11) is 0. The molecule has 1 unspecified atom stereocenters. The second-order valence-electron chi connectivity index (χ2n) is 2.59. The highest BCUT2D eigenvalue weighted by Crippen LogP contribution is 2.21. The Kier molecular flexibility index (Phi) is 4.60. The molecule has 0 aliphatic heterocycles. The van der Waals surface area contributed by atoms with E-state index in [9.17, 15) is 4.39 Å². The average molecular weight is 238 g/mol. The summed E-state index contributed by atoms with van der Waals surface area (Å²) in [6.45, 7) is -0.345. The molecule has 1 aromatic rings. The fraction of sp³-hybridized carbons (Fsp3) is 0.375. The van der Waals surface area contributed by atoms with Crippen molar-refractivity contribution in [3.05, 3.63) is 23.1 Å². The number of aromatic nitrogens is 1. The topological polar surface area (TPSA) is 53.4 Å². The Labute approximate surface area is 89.9 Å². The summed E-state index contributed by atoms with van der Waals surface area (Å²) in [6.07, 6.45) is 0.468. The summed E-state index contributed by atoms with van der Waals surface area (Å²) in [5, 5.41) is 17.9. The predicted octanol–water partition coefficient (Wildman–Crippen LogP) is 1.32. The van der Waals surface area contributed by atoms with Gasteiger partial charge in [-0.1, -0.05) is 11.6 Å². The van der Waals surface area contributed by atoms with Crippen LogP contribution in [0.1, 0.15) is 0 Å². The maximum absolute atomic E-state index is 13.1. The van der Waals surface area contributed by atoms with E-state index in [4.69, 9.17) is 21.8 Å². The normalized spacial score (nSPS) is 12.9. The van der Waals surface area contributed by atoms with Gasteiger partial charge in [0.15, 0.2) is 5.82 Å². The zero-order valence-electron chi connectivity index (χ0n) is 7.15. The third kappa shape index (κ3) is 3.42. The first-order chi connectivity index (χ1) is 6.63. The third-order valence-electron chi connectivity index (χ3n) is 1.40. The van der Waals surface area contributed by atoms with E-state index in [-0.39, 0.29) is 22.4 Å². The molecular formula is C8H9ClFNO2S. The van der Waals surface area contributed by atoms with E-state index in [1.165, 1.54) is 6.20 Å². The number of thioether (sulfide) groups is 1. The van der Waals surface area contributed by atoms with Gasteiger partial charge in [0.25, 0.3) is 0 Å². The van der Waals surface area contributed by atoms with Gasteiger partial charge in [0.2, 0.25) is 0 Å². The molecule has 1 aromatic heterocycles. The summed E-state index contributed by atoms with van der Waals surface area (Å²) >= 11 is 6.54. The molecule has 0 aliphatic rings. The highest BCUT2D eigenvalue weighted by molar-refractivity contribution is 7.99. The number of nitrogens with zero attached hydrogens (tertiary/aromatic N) is 1. The smallest absolute Gasteiger partial charge is 0.156 e. The number of aliphatic hydroxyl groups excluding tert-OH is 2. The second kappa shape index (κ2) is 5.50. The molecule has 0 aliphatic carbocycles. The Bertz CT molecular complexity index is 313. The Morgan fingerprint density at radius 2 is 2.36 bits per heavy atom. The van der Waals surface area contributed by atoms with Crippen molar-refractivity contribution in [2.45, 2.75) is 11.1 Å². The van der Waals surface area contributed by atoms with E-state index in [2.05, 4.69) is 4.98 Å². The van der Waals surface area contributed by atoms with Crippen molar-refractivity contribution >= 4 is 23.4 Å². The van der Waals surface area contributed by atoms with Crippen LogP contribution in [-0.4, -0.2) is 33.7 Å². The molecule has 1 rings (SSSR count). The molecule has 0 radical (unpaired) electrons. The number of aliphatic hydroxyl groups is 2. The number of pyridine rings is 1. The molecule has 2 N–H and O–H groups in total.